The molecule has 3 N–H and O–H groups in total. The molecule has 0 bridgehead atoms. The topological polar surface area (TPSA) is 77.8 Å². The molecule has 0 aliphatic carbocycles. The first-order chi connectivity index (χ1) is 4.57. The van der Waals surface area contributed by atoms with Gasteiger partial charge < -0.3 is 20.1 Å². The van der Waals surface area contributed by atoms with Gasteiger partial charge in [0.25, 0.3) is 0 Å². The predicted octanol–water partition coefficient (Wildman–Crippen LogP) is -1.32. The van der Waals surface area contributed by atoms with Gasteiger partial charge in [-0.3, -0.25) is 0 Å². The van der Waals surface area contributed by atoms with E-state index in [2.05, 4.69) is 0 Å². The molecule has 4 heteroatoms. The van der Waals surface area contributed by atoms with Crippen molar-refractivity contribution in [2.45, 2.75) is 31.7 Å². The highest BCUT2D eigenvalue weighted by atomic mass is 16.3. The van der Waals surface area contributed by atoms with Crippen LogP contribution in [0.3, 0.4) is 0 Å². The third-order valence-electron chi connectivity index (χ3n) is 1.20. The van der Waals surface area contributed by atoms with Crippen molar-refractivity contribution in [2.75, 3.05) is 0 Å². The van der Waals surface area contributed by atoms with Crippen LogP contribution in [0.5, 0.6) is 0 Å². The van der Waals surface area contributed by atoms with Crippen LogP contribution in [0, 0.1) is 0 Å². The second-order valence-corrected chi connectivity index (χ2v) is 2.25. The molecule has 0 saturated carbocycles. The summed E-state index contributed by atoms with van der Waals surface area (Å²) in [6.07, 6.45) is -2.90. The first-order valence-corrected chi connectivity index (χ1v) is 3.07. The molecule has 0 fully saturated rings. The number of carbonyl (C=O) groups is 1. The summed E-state index contributed by atoms with van der Waals surface area (Å²) in [6, 6.07) is 0. The Morgan fingerprint density at radius 1 is 1.40 bits per heavy atom. The van der Waals surface area contributed by atoms with Crippen molar-refractivity contribution in [3.63, 3.8) is 0 Å². The Morgan fingerprint density at radius 2 is 1.90 bits per heavy atom. The first kappa shape index (κ1) is 9.55. The molecule has 0 aromatic rings. The van der Waals surface area contributed by atoms with E-state index in [-0.39, 0.29) is 6.42 Å². The van der Waals surface area contributed by atoms with E-state index in [1.807, 2.05) is 0 Å². The molecule has 0 aliphatic heterocycles. The molecule has 0 aromatic heterocycles. The monoisotopic (exact) mass is 148 g/mol. The number of carbonyl (C=O) groups excluding carboxylic acids is 1. The summed E-state index contributed by atoms with van der Waals surface area (Å²) in [5.74, 6) is 0. The van der Waals surface area contributed by atoms with Crippen molar-refractivity contribution in [2.24, 2.45) is 0 Å². The molecule has 0 spiro atoms. The van der Waals surface area contributed by atoms with Gasteiger partial charge in [-0.2, -0.15) is 0 Å². The Hall–Kier alpha value is -0.450. The number of aldehydes is 1. The van der Waals surface area contributed by atoms with Crippen LogP contribution in [0.2, 0.25) is 0 Å². The molecule has 3 atom stereocenters. The Kier molecular flexibility index (Phi) is 4.18. The van der Waals surface area contributed by atoms with Crippen LogP contribution >= 0.6 is 0 Å². The molecule has 0 heterocycles. The molecule has 0 aliphatic rings. The summed E-state index contributed by atoms with van der Waals surface area (Å²) in [5.41, 5.74) is 0. The maximum absolute atomic E-state index is 9.82. The van der Waals surface area contributed by atoms with Crippen LogP contribution in [-0.2, 0) is 4.79 Å². The standard InChI is InChI=1S/C6H12O4/c1-4(8)6(10)2-5(9)3-7/h3-6,8-10H,2H2,1H3/t4-,5+,6-/m0/s1. The molecule has 0 amide bonds. The van der Waals surface area contributed by atoms with E-state index in [0.717, 1.165) is 0 Å². The molecule has 0 unspecified atom stereocenters. The quantitative estimate of drug-likeness (QED) is 0.432. The van der Waals surface area contributed by atoms with E-state index < -0.39 is 18.3 Å². The summed E-state index contributed by atoms with van der Waals surface area (Å²) in [5, 5.41) is 26.2. The molecule has 0 radical (unpaired) electrons. The highest BCUT2D eigenvalue weighted by Crippen LogP contribution is 2.00. The van der Waals surface area contributed by atoms with Gasteiger partial charge in [0.05, 0.1) is 12.2 Å². The van der Waals surface area contributed by atoms with Crippen LogP contribution in [0.4, 0.5) is 0 Å². The van der Waals surface area contributed by atoms with Gasteiger partial charge in [0, 0.05) is 6.42 Å². The van der Waals surface area contributed by atoms with Crippen LogP contribution in [0.15, 0.2) is 0 Å². The van der Waals surface area contributed by atoms with E-state index in [1.54, 1.807) is 0 Å². The van der Waals surface area contributed by atoms with Crippen molar-refractivity contribution >= 4 is 6.29 Å². The molecule has 60 valence electrons. The Labute approximate surface area is 59.1 Å². The molecule has 0 rings (SSSR count). The van der Waals surface area contributed by atoms with Crippen LogP contribution in [0.1, 0.15) is 13.3 Å². The second-order valence-electron chi connectivity index (χ2n) is 2.25. The smallest absolute Gasteiger partial charge is 0.148 e. The molecule has 10 heavy (non-hydrogen) atoms. The van der Waals surface area contributed by atoms with E-state index in [4.69, 9.17) is 15.3 Å². The van der Waals surface area contributed by atoms with Gasteiger partial charge in [0.1, 0.15) is 12.4 Å². The fourth-order valence-corrected chi connectivity index (χ4v) is 0.500. The van der Waals surface area contributed by atoms with Gasteiger partial charge in [-0.25, -0.2) is 0 Å². The minimum absolute atomic E-state index is 0.110. The van der Waals surface area contributed by atoms with Gasteiger partial charge in [-0.05, 0) is 6.92 Å². The minimum atomic E-state index is -1.18. The molecular weight excluding hydrogens is 136 g/mol. The Bertz CT molecular complexity index is 102. The molecule has 4 nitrogen and oxygen atoms in total. The average Bonchev–Trinajstić information content (AvgIpc) is 1.87. The SMILES string of the molecule is C[C@H](O)[C@@H](O)C[C@@H](O)C=O. The lowest BCUT2D eigenvalue weighted by Gasteiger charge is -2.13. The summed E-state index contributed by atoms with van der Waals surface area (Å²) in [7, 11) is 0. The molecule has 0 aromatic carbocycles. The number of rotatable bonds is 4. The highest BCUT2D eigenvalue weighted by Gasteiger charge is 2.14. The van der Waals surface area contributed by atoms with Crippen molar-refractivity contribution in [1.29, 1.82) is 0 Å². The van der Waals surface area contributed by atoms with Crippen molar-refractivity contribution < 1.29 is 20.1 Å². The zero-order valence-electron chi connectivity index (χ0n) is 5.77. The maximum Gasteiger partial charge on any atom is 0.148 e. The average molecular weight is 148 g/mol. The third-order valence-corrected chi connectivity index (χ3v) is 1.20. The summed E-state index contributed by atoms with van der Waals surface area (Å²) in [6.45, 7) is 1.39. The number of hydrogen-bond donors (Lipinski definition) is 3. The lowest BCUT2D eigenvalue weighted by Crippen LogP contribution is -2.28. The Morgan fingerprint density at radius 3 is 2.20 bits per heavy atom. The summed E-state index contributed by atoms with van der Waals surface area (Å²) >= 11 is 0. The number of hydrogen-bond acceptors (Lipinski definition) is 4. The van der Waals surface area contributed by atoms with E-state index in [1.165, 1.54) is 6.92 Å². The van der Waals surface area contributed by atoms with Gasteiger partial charge >= 0.3 is 0 Å². The third kappa shape index (κ3) is 3.55. The minimum Gasteiger partial charge on any atom is -0.391 e. The van der Waals surface area contributed by atoms with Gasteiger partial charge in [-0.1, -0.05) is 0 Å². The highest BCUT2D eigenvalue weighted by molar-refractivity contribution is 5.55. The largest absolute Gasteiger partial charge is 0.391 e. The van der Waals surface area contributed by atoms with E-state index >= 15 is 0 Å². The number of aliphatic hydroxyl groups excluding tert-OH is 3. The molecule has 0 saturated heterocycles. The zero-order valence-corrected chi connectivity index (χ0v) is 5.77. The fraction of sp³-hybridized carbons (Fsp3) is 0.833. The van der Waals surface area contributed by atoms with E-state index in [9.17, 15) is 4.79 Å². The summed E-state index contributed by atoms with van der Waals surface area (Å²) in [4.78, 5) is 9.82. The van der Waals surface area contributed by atoms with Gasteiger partial charge in [-0.15, -0.1) is 0 Å². The van der Waals surface area contributed by atoms with Gasteiger partial charge in [0.15, 0.2) is 0 Å². The van der Waals surface area contributed by atoms with Crippen molar-refractivity contribution in [1.82, 2.24) is 0 Å². The van der Waals surface area contributed by atoms with E-state index in [0.29, 0.717) is 6.29 Å². The zero-order chi connectivity index (χ0) is 8.15. The number of aliphatic hydroxyl groups is 3. The first-order valence-electron chi connectivity index (χ1n) is 3.07. The van der Waals surface area contributed by atoms with Gasteiger partial charge in [0.2, 0.25) is 0 Å². The van der Waals surface area contributed by atoms with Crippen molar-refractivity contribution in [3.05, 3.63) is 0 Å². The van der Waals surface area contributed by atoms with Crippen LogP contribution < -0.4 is 0 Å². The lowest BCUT2D eigenvalue weighted by atomic mass is 10.1. The predicted molar refractivity (Wildman–Crippen MR) is 34.4 cm³/mol. The Balaban J connectivity index is 3.56. The normalized spacial score (nSPS) is 19.6. The van der Waals surface area contributed by atoms with Crippen LogP contribution in [0.25, 0.3) is 0 Å². The van der Waals surface area contributed by atoms with Crippen LogP contribution in [-0.4, -0.2) is 39.9 Å². The lowest BCUT2D eigenvalue weighted by molar-refractivity contribution is -0.117. The molecular formula is C6H12O4. The fourth-order valence-electron chi connectivity index (χ4n) is 0.500. The second kappa shape index (κ2) is 4.38. The summed E-state index contributed by atoms with van der Waals surface area (Å²) < 4.78 is 0. The maximum atomic E-state index is 9.82. The van der Waals surface area contributed by atoms with Crippen molar-refractivity contribution in [3.8, 4) is 0 Å².